The Hall–Kier alpha value is -5.38. The van der Waals surface area contributed by atoms with E-state index >= 15 is 0 Å². The molecule has 0 saturated heterocycles. The molecule has 0 radical (unpaired) electrons. The Balaban J connectivity index is 1.31. The minimum Gasteiger partial charge on any atom is -0.484 e. The van der Waals surface area contributed by atoms with E-state index in [0.717, 1.165) is 52.4 Å². The number of nitrogens with zero attached hydrogens (tertiary/aromatic N) is 4. The van der Waals surface area contributed by atoms with Crippen molar-refractivity contribution in [3.8, 4) is 5.75 Å². The van der Waals surface area contributed by atoms with Crippen LogP contribution >= 0.6 is 0 Å². The van der Waals surface area contributed by atoms with Crippen LogP contribution in [0.3, 0.4) is 0 Å². The van der Waals surface area contributed by atoms with Gasteiger partial charge in [0.2, 0.25) is 0 Å². The predicted molar refractivity (Wildman–Crippen MR) is 158 cm³/mol. The van der Waals surface area contributed by atoms with Crippen molar-refractivity contribution in [2.24, 2.45) is 11.0 Å². The van der Waals surface area contributed by atoms with Crippen LogP contribution in [0.15, 0.2) is 102 Å². The summed E-state index contributed by atoms with van der Waals surface area (Å²) in [4.78, 5) is 35.1. The summed E-state index contributed by atoms with van der Waals surface area (Å²) in [7, 11) is 0. The highest BCUT2D eigenvalue weighted by molar-refractivity contribution is 6.08. The molecule has 210 valence electrons. The molecule has 0 N–H and O–H groups in total. The summed E-state index contributed by atoms with van der Waals surface area (Å²) in [5.41, 5.74) is 3.27. The molecule has 6 rings (SSSR count). The lowest BCUT2D eigenvalue weighted by molar-refractivity contribution is -0.385. The van der Waals surface area contributed by atoms with E-state index in [2.05, 4.69) is 0 Å². The van der Waals surface area contributed by atoms with E-state index in [1.54, 1.807) is 24.3 Å². The molecule has 0 bridgehead atoms. The number of hydrogen-bond donors (Lipinski definition) is 0. The van der Waals surface area contributed by atoms with E-state index in [4.69, 9.17) is 9.84 Å². The highest BCUT2D eigenvalue weighted by atomic mass is 16.6. The van der Waals surface area contributed by atoms with Gasteiger partial charge < -0.3 is 4.74 Å². The zero-order valence-electron chi connectivity index (χ0n) is 22.5. The fourth-order valence-corrected chi connectivity index (χ4v) is 5.70. The van der Waals surface area contributed by atoms with Gasteiger partial charge in [0.05, 0.1) is 21.6 Å². The van der Waals surface area contributed by atoms with Gasteiger partial charge in [-0.2, -0.15) is 5.10 Å². The van der Waals surface area contributed by atoms with Gasteiger partial charge in [0, 0.05) is 30.2 Å². The van der Waals surface area contributed by atoms with Crippen molar-refractivity contribution in [1.29, 1.82) is 0 Å². The largest absolute Gasteiger partial charge is 0.484 e. The lowest BCUT2D eigenvalue weighted by atomic mass is 9.77. The molecule has 1 amide bonds. The minimum absolute atomic E-state index is 0.0123. The Kier molecular flexibility index (Phi) is 7.18. The molecule has 1 aliphatic heterocycles. The molecule has 2 aliphatic rings. The molecule has 0 aromatic heterocycles. The Morgan fingerprint density at radius 1 is 0.905 bits per heavy atom. The van der Waals surface area contributed by atoms with Crippen LogP contribution in [0.25, 0.3) is 16.8 Å². The number of amides is 1. The third-order valence-electron chi connectivity index (χ3n) is 7.73. The van der Waals surface area contributed by atoms with Crippen LogP contribution in [-0.2, 0) is 4.79 Å². The topological polar surface area (TPSA) is 128 Å². The van der Waals surface area contributed by atoms with E-state index in [0.29, 0.717) is 5.75 Å². The third kappa shape index (κ3) is 5.34. The maximum Gasteiger partial charge on any atom is 0.281 e. The smallest absolute Gasteiger partial charge is 0.281 e. The van der Waals surface area contributed by atoms with Crippen molar-refractivity contribution in [2.75, 3.05) is 6.61 Å². The SMILES string of the molecule is O=C(COc1ccc2ccccc2c1)N1N=C2/C(=C/c3ccc([N+](=O)[O-])cc3)CCC[C@H]2[C@H]1c1ccc([N+](=O)[O-])cc1. The summed E-state index contributed by atoms with van der Waals surface area (Å²) >= 11 is 0. The fourth-order valence-electron chi connectivity index (χ4n) is 5.70. The van der Waals surface area contributed by atoms with Crippen LogP contribution in [0, 0.1) is 26.1 Å². The molecule has 10 nitrogen and oxygen atoms in total. The number of carbonyl (C=O) groups is 1. The number of non-ortho nitro benzene ring substituents is 2. The normalized spacial score (nSPS) is 18.9. The third-order valence-corrected chi connectivity index (χ3v) is 7.73. The first-order valence-electron chi connectivity index (χ1n) is 13.6. The number of hydrogen-bond acceptors (Lipinski definition) is 7. The van der Waals surface area contributed by atoms with Crippen LogP contribution in [0.1, 0.15) is 36.4 Å². The Morgan fingerprint density at radius 3 is 2.26 bits per heavy atom. The van der Waals surface area contributed by atoms with E-state index < -0.39 is 15.9 Å². The first-order valence-corrected chi connectivity index (χ1v) is 13.6. The van der Waals surface area contributed by atoms with Gasteiger partial charge in [-0.25, -0.2) is 5.01 Å². The zero-order valence-corrected chi connectivity index (χ0v) is 22.5. The van der Waals surface area contributed by atoms with E-state index in [9.17, 15) is 25.0 Å². The van der Waals surface area contributed by atoms with Gasteiger partial charge in [-0.05, 0) is 77.1 Å². The number of allylic oxidation sites excluding steroid dienone is 1. The van der Waals surface area contributed by atoms with Crippen molar-refractivity contribution >= 4 is 39.8 Å². The van der Waals surface area contributed by atoms with Gasteiger partial charge in [0.15, 0.2) is 6.61 Å². The van der Waals surface area contributed by atoms with Crippen molar-refractivity contribution < 1.29 is 19.4 Å². The molecule has 4 aromatic rings. The van der Waals surface area contributed by atoms with Gasteiger partial charge in [-0.15, -0.1) is 0 Å². The maximum absolute atomic E-state index is 13.7. The molecule has 1 saturated carbocycles. The quantitative estimate of drug-likeness (QED) is 0.179. The minimum atomic E-state index is -0.452. The van der Waals surface area contributed by atoms with Crippen molar-refractivity contribution in [3.63, 3.8) is 0 Å². The molecule has 0 spiro atoms. The molecule has 1 aliphatic carbocycles. The van der Waals surface area contributed by atoms with Crippen molar-refractivity contribution in [3.05, 3.63) is 128 Å². The number of hydrazone groups is 1. The average molecular weight is 563 g/mol. The molecule has 10 heteroatoms. The number of ether oxygens (including phenoxy) is 1. The molecule has 1 fully saturated rings. The van der Waals surface area contributed by atoms with Crippen LogP contribution in [0.5, 0.6) is 5.75 Å². The molecule has 0 unspecified atom stereocenters. The Labute approximate surface area is 240 Å². The number of fused-ring (bicyclic) bond motifs is 2. The number of benzene rings is 4. The van der Waals surface area contributed by atoms with Gasteiger partial charge in [-0.1, -0.05) is 42.5 Å². The van der Waals surface area contributed by atoms with Gasteiger partial charge in [-0.3, -0.25) is 25.0 Å². The lowest BCUT2D eigenvalue weighted by Gasteiger charge is -2.29. The number of nitro groups is 2. The summed E-state index contributed by atoms with van der Waals surface area (Å²) in [6.07, 6.45) is 4.35. The first-order chi connectivity index (χ1) is 20.4. The van der Waals surface area contributed by atoms with Gasteiger partial charge >= 0.3 is 0 Å². The molecule has 42 heavy (non-hydrogen) atoms. The molecular weight excluding hydrogens is 536 g/mol. The second kappa shape index (κ2) is 11.2. The van der Waals surface area contributed by atoms with E-state index in [1.165, 1.54) is 29.3 Å². The molecule has 2 atom stereocenters. The van der Waals surface area contributed by atoms with Crippen LogP contribution in [0.2, 0.25) is 0 Å². The second-order valence-corrected chi connectivity index (χ2v) is 10.3. The number of rotatable bonds is 7. The van der Waals surface area contributed by atoms with Crippen LogP contribution in [0.4, 0.5) is 11.4 Å². The summed E-state index contributed by atoms with van der Waals surface area (Å²) in [6.45, 7) is -0.229. The summed E-state index contributed by atoms with van der Waals surface area (Å²) in [5.74, 6) is 0.120. The van der Waals surface area contributed by atoms with Crippen molar-refractivity contribution in [2.45, 2.75) is 25.3 Å². The Bertz CT molecular complexity index is 1750. The standard InChI is InChI=1S/C32H26N4O6/c37-30(20-42-28-17-12-22-4-1-2-5-24(22)19-28)34-32(23-10-15-27(16-11-23)36(40)41)29-7-3-6-25(31(29)33-34)18-21-8-13-26(14-9-21)35(38)39/h1-2,4-5,8-19,29,32H,3,6-7,20H2/b25-18+/t29-,32-/m1/s1. The summed E-state index contributed by atoms with van der Waals surface area (Å²) in [5, 5.41) is 30.7. The molecular formula is C32H26N4O6. The van der Waals surface area contributed by atoms with Crippen molar-refractivity contribution in [1.82, 2.24) is 5.01 Å². The van der Waals surface area contributed by atoms with Gasteiger partial charge in [0.1, 0.15) is 5.75 Å². The first kappa shape index (κ1) is 26.8. The fraction of sp³-hybridized carbons (Fsp3) is 0.188. The number of carbonyl (C=O) groups excluding carboxylic acids is 1. The maximum atomic E-state index is 13.7. The average Bonchev–Trinajstić information content (AvgIpc) is 3.41. The van der Waals surface area contributed by atoms with E-state index in [-0.39, 0.29) is 29.8 Å². The second-order valence-electron chi connectivity index (χ2n) is 10.3. The highest BCUT2D eigenvalue weighted by Gasteiger charge is 2.44. The number of nitro benzene ring substituents is 2. The summed E-state index contributed by atoms with van der Waals surface area (Å²) < 4.78 is 5.91. The lowest BCUT2D eigenvalue weighted by Crippen LogP contribution is -2.34. The Morgan fingerprint density at radius 2 is 1.57 bits per heavy atom. The highest BCUT2D eigenvalue weighted by Crippen LogP contribution is 2.44. The predicted octanol–water partition coefficient (Wildman–Crippen LogP) is 6.86. The molecule has 1 heterocycles. The van der Waals surface area contributed by atoms with Crippen LogP contribution < -0.4 is 4.74 Å². The summed E-state index contributed by atoms with van der Waals surface area (Å²) in [6, 6.07) is 25.6. The van der Waals surface area contributed by atoms with Crippen LogP contribution in [-0.4, -0.2) is 33.1 Å². The monoisotopic (exact) mass is 562 g/mol. The zero-order chi connectivity index (χ0) is 29.2. The van der Waals surface area contributed by atoms with E-state index in [1.807, 2.05) is 48.5 Å². The molecule has 4 aromatic carbocycles. The van der Waals surface area contributed by atoms with Gasteiger partial charge in [0.25, 0.3) is 17.3 Å².